The monoisotopic (exact) mass is 383 g/mol. The zero-order valence-electron chi connectivity index (χ0n) is 14.1. The second kappa shape index (κ2) is 7.62. The van der Waals surface area contributed by atoms with Gasteiger partial charge in [-0.25, -0.2) is 9.78 Å². The molecule has 1 aromatic rings. The molecule has 128 valence electrons. The van der Waals surface area contributed by atoms with Gasteiger partial charge >= 0.3 is 6.09 Å². The Hall–Kier alpha value is -1.14. The molecule has 2 rings (SSSR count). The number of ether oxygens (including phenoxy) is 1. The molecule has 5 nitrogen and oxygen atoms in total. The molecule has 0 saturated heterocycles. The van der Waals surface area contributed by atoms with Crippen LogP contribution in [0.2, 0.25) is 0 Å². The molecule has 1 saturated carbocycles. The molecule has 1 aromatic heterocycles. The quantitative estimate of drug-likeness (QED) is 0.759. The van der Waals surface area contributed by atoms with Crippen LogP contribution in [0.3, 0.4) is 0 Å². The molecule has 0 aromatic carbocycles. The largest absolute Gasteiger partial charge is 0.444 e. The third kappa shape index (κ3) is 6.11. The second-order valence-electron chi connectivity index (χ2n) is 7.15. The van der Waals surface area contributed by atoms with E-state index in [-0.39, 0.29) is 11.6 Å². The van der Waals surface area contributed by atoms with E-state index in [9.17, 15) is 4.79 Å². The summed E-state index contributed by atoms with van der Waals surface area (Å²) in [5.41, 5.74) is 0.449. The van der Waals surface area contributed by atoms with Gasteiger partial charge in [0.15, 0.2) is 0 Å². The highest BCUT2D eigenvalue weighted by Crippen LogP contribution is 2.29. The average Bonchev–Trinajstić information content (AvgIpc) is 2.91. The Labute approximate surface area is 146 Å². The molecule has 0 atom stereocenters. The van der Waals surface area contributed by atoms with Crippen LogP contribution in [0.15, 0.2) is 22.8 Å². The molecule has 0 aliphatic heterocycles. The number of nitrogens with zero attached hydrogens (tertiary/aromatic N) is 1. The number of hydrogen-bond donors (Lipinski definition) is 2. The lowest BCUT2D eigenvalue weighted by Gasteiger charge is -2.31. The molecule has 0 spiro atoms. The van der Waals surface area contributed by atoms with Gasteiger partial charge in [0.05, 0.1) is 5.69 Å². The van der Waals surface area contributed by atoms with Gasteiger partial charge in [0.1, 0.15) is 10.2 Å². The van der Waals surface area contributed by atoms with Gasteiger partial charge in [-0.1, -0.05) is 18.9 Å². The zero-order valence-corrected chi connectivity index (χ0v) is 15.7. The Bertz CT molecular complexity index is 537. The molecular formula is C17H26BrN3O2. The topological polar surface area (TPSA) is 63.2 Å². The number of amides is 1. The van der Waals surface area contributed by atoms with E-state index in [1.165, 1.54) is 12.8 Å². The third-order valence-electron chi connectivity index (χ3n) is 3.95. The highest BCUT2D eigenvalue weighted by atomic mass is 79.9. The predicted octanol–water partition coefficient (Wildman–Crippen LogP) is 3.77. The van der Waals surface area contributed by atoms with Crippen molar-refractivity contribution in [2.24, 2.45) is 0 Å². The van der Waals surface area contributed by atoms with Gasteiger partial charge in [0.2, 0.25) is 0 Å². The summed E-state index contributed by atoms with van der Waals surface area (Å²) in [5.74, 6) is 0. The highest BCUT2D eigenvalue weighted by Gasteiger charge is 2.34. The number of carbonyl (C=O) groups excluding carboxylic acids is 1. The predicted molar refractivity (Wildman–Crippen MR) is 94.2 cm³/mol. The van der Waals surface area contributed by atoms with Crippen LogP contribution in [0.4, 0.5) is 4.79 Å². The van der Waals surface area contributed by atoms with Gasteiger partial charge in [0.25, 0.3) is 0 Å². The van der Waals surface area contributed by atoms with Gasteiger partial charge in [0, 0.05) is 18.6 Å². The molecule has 0 unspecified atom stereocenters. The zero-order chi connectivity index (χ0) is 16.9. The molecule has 0 bridgehead atoms. The van der Waals surface area contributed by atoms with Crippen LogP contribution >= 0.6 is 15.9 Å². The summed E-state index contributed by atoms with van der Waals surface area (Å²) in [5, 5.41) is 6.52. The maximum Gasteiger partial charge on any atom is 0.407 e. The normalized spacial score (nSPS) is 17.0. The lowest BCUT2D eigenvalue weighted by molar-refractivity contribution is 0.0509. The Balaban J connectivity index is 1.90. The first-order valence-corrected chi connectivity index (χ1v) is 8.91. The molecule has 1 fully saturated rings. The van der Waals surface area contributed by atoms with Crippen molar-refractivity contribution in [1.82, 2.24) is 15.6 Å². The number of aromatic nitrogens is 1. The number of carbonyl (C=O) groups is 1. The van der Waals surface area contributed by atoms with E-state index in [1.54, 1.807) is 0 Å². The maximum atomic E-state index is 11.9. The maximum absolute atomic E-state index is 11.9. The lowest BCUT2D eigenvalue weighted by atomic mass is 9.97. The molecular weight excluding hydrogens is 358 g/mol. The first kappa shape index (κ1) is 18.2. The van der Waals surface area contributed by atoms with E-state index in [4.69, 9.17) is 4.74 Å². The lowest BCUT2D eigenvalue weighted by Crippen LogP contribution is -2.52. The standard InChI is InChI=1S/C17H26BrN3O2/c1-16(2,3)23-15(22)19-12-17(9-4-5-10-17)20-11-13-7-6-8-14(18)21-13/h6-8,20H,4-5,9-12H2,1-3H3,(H,19,22). The number of hydrogen-bond acceptors (Lipinski definition) is 4. The van der Waals surface area contributed by atoms with Gasteiger partial charge in [-0.2, -0.15) is 0 Å². The minimum atomic E-state index is -0.472. The first-order valence-electron chi connectivity index (χ1n) is 8.11. The van der Waals surface area contributed by atoms with Crippen molar-refractivity contribution in [1.29, 1.82) is 0 Å². The number of pyridine rings is 1. The Morgan fingerprint density at radius 2 is 2.04 bits per heavy atom. The molecule has 1 heterocycles. The highest BCUT2D eigenvalue weighted by molar-refractivity contribution is 9.10. The Morgan fingerprint density at radius 1 is 1.35 bits per heavy atom. The van der Waals surface area contributed by atoms with Crippen LogP contribution in [-0.4, -0.2) is 28.8 Å². The number of alkyl carbamates (subject to hydrolysis) is 1. The fourth-order valence-electron chi connectivity index (χ4n) is 2.85. The van der Waals surface area contributed by atoms with Crippen LogP contribution < -0.4 is 10.6 Å². The van der Waals surface area contributed by atoms with Gasteiger partial charge in [-0.3, -0.25) is 0 Å². The fourth-order valence-corrected chi connectivity index (χ4v) is 3.23. The van der Waals surface area contributed by atoms with Crippen molar-refractivity contribution in [3.05, 3.63) is 28.5 Å². The summed E-state index contributed by atoms with van der Waals surface area (Å²) in [6.45, 7) is 6.88. The van der Waals surface area contributed by atoms with Crippen LogP contribution in [-0.2, 0) is 11.3 Å². The Morgan fingerprint density at radius 3 is 2.65 bits per heavy atom. The van der Waals surface area contributed by atoms with E-state index >= 15 is 0 Å². The summed E-state index contributed by atoms with van der Waals surface area (Å²) >= 11 is 3.39. The van der Waals surface area contributed by atoms with Crippen molar-refractivity contribution < 1.29 is 9.53 Å². The van der Waals surface area contributed by atoms with Gasteiger partial charge in [-0.05, 0) is 61.7 Å². The Kier molecular flexibility index (Phi) is 6.03. The third-order valence-corrected chi connectivity index (χ3v) is 4.39. The van der Waals surface area contributed by atoms with E-state index < -0.39 is 5.60 Å². The first-order chi connectivity index (χ1) is 10.8. The van der Waals surface area contributed by atoms with Crippen molar-refractivity contribution in [3.8, 4) is 0 Å². The number of rotatable bonds is 5. The van der Waals surface area contributed by atoms with E-state index in [0.29, 0.717) is 13.1 Å². The molecule has 6 heteroatoms. The summed E-state index contributed by atoms with van der Waals surface area (Å²) in [4.78, 5) is 16.3. The molecule has 23 heavy (non-hydrogen) atoms. The SMILES string of the molecule is CC(C)(C)OC(=O)NCC1(NCc2cccc(Br)n2)CCCC1. The summed E-state index contributed by atoms with van der Waals surface area (Å²) in [6, 6.07) is 5.90. The molecule has 2 N–H and O–H groups in total. The molecule has 1 amide bonds. The van der Waals surface area contributed by atoms with Crippen LogP contribution in [0, 0.1) is 0 Å². The molecule has 1 aliphatic rings. The van der Waals surface area contributed by atoms with Crippen LogP contribution in [0.5, 0.6) is 0 Å². The van der Waals surface area contributed by atoms with E-state index in [2.05, 4.69) is 31.5 Å². The number of halogens is 1. The van der Waals surface area contributed by atoms with E-state index in [0.717, 1.165) is 23.1 Å². The summed E-state index contributed by atoms with van der Waals surface area (Å²) < 4.78 is 6.16. The average molecular weight is 384 g/mol. The van der Waals surface area contributed by atoms with Crippen molar-refractivity contribution in [2.45, 2.75) is 64.1 Å². The van der Waals surface area contributed by atoms with Gasteiger partial charge in [-0.15, -0.1) is 0 Å². The fraction of sp³-hybridized carbons (Fsp3) is 0.647. The van der Waals surface area contributed by atoms with Crippen molar-refractivity contribution in [2.75, 3.05) is 6.54 Å². The van der Waals surface area contributed by atoms with Gasteiger partial charge < -0.3 is 15.4 Å². The minimum Gasteiger partial charge on any atom is -0.444 e. The van der Waals surface area contributed by atoms with Crippen molar-refractivity contribution in [3.63, 3.8) is 0 Å². The van der Waals surface area contributed by atoms with Crippen molar-refractivity contribution >= 4 is 22.0 Å². The van der Waals surface area contributed by atoms with Crippen LogP contribution in [0.25, 0.3) is 0 Å². The summed E-state index contributed by atoms with van der Waals surface area (Å²) in [6.07, 6.45) is 4.10. The summed E-state index contributed by atoms with van der Waals surface area (Å²) in [7, 11) is 0. The smallest absolute Gasteiger partial charge is 0.407 e. The van der Waals surface area contributed by atoms with Crippen LogP contribution in [0.1, 0.15) is 52.1 Å². The second-order valence-corrected chi connectivity index (χ2v) is 7.96. The molecule has 1 aliphatic carbocycles. The number of nitrogens with one attached hydrogen (secondary N) is 2. The molecule has 0 radical (unpaired) electrons. The minimum absolute atomic E-state index is 0.0685. The van der Waals surface area contributed by atoms with E-state index in [1.807, 2.05) is 39.0 Å².